The molecule has 7 nitrogen and oxygen atoms in total. The molecule has 1 saturated carbocycles. The van der Waals surface area contributed by atoms with Gasteiger partial charge in [0.05, 0.1) is 17.9 Å². The third-order valence-corrected chi connectivity index (χ3v) is 7.58. The summed E-state index contributed by atoms with van der Waals surface area (Å²) in [5.41, 5.74) is 0.989. The van der Waals surface area contributed by atoms with Gasteiger partial charge in [0.15, 0.2) is 0 Å². The molecule has 33 heavy (non-hydrogen) atoms. The predicted octanol–water partition coefficient (Wildman–Crippen LogP) is 3.97. The Hall–Kier alpha value is -2.45. The van der Waals surface area contributed by atoms with Gasteiger partial charge in [-0.2, -0.15) is 0 Å². The van der Waals surface area contributed by atoms with Gasteiger partial charge in [0, 0.05) is 37.1 Å². The molecule has 1 aromatic carbocycles. The van der Waals surface area contributed by atoms with E-state index in [-0.39, 0.29) is 5.75 Å². The van der Waals surface area contributed by atoms with Crippen molar-refractivity contribution in [3.8, 4) is 11.6 Å². The van der Waals surface area contributed by atoms with E-state index in [1.807, 2.05) is 47.3 Å². The fraction of sp³-hybridized carbons (Fsp3) is 0.520. The maximum Gasteiger partial charge on any atom is 0.147 e. The first-order valence-corrected chi connectivity index (χ1v) is 13.8. The minimum absolute atomic E-state index is 0.122. The van der Waals surface area contributed by atoms with Crippen molar-refractivity contribution in [2.75, 3.05) is 25.2 Å². The summed E-state index contributed by atoms with van der Waals surface area (Å²) in [7, 11) is -2.98. The van der Waals surface area contributed by atoms with E-state index in [9.17, 15) is 13.5 Å². The zero-order valence-corrected chi connectivity index (χ0v) is 20.0. The van der Waals surface area contributed by atoms with E-state index in [4.69, 9.17) is 9.72 Å². The lowest BCUT2D eigenvalue weighted by Gasteiger charge is -2.27. The van der Waals surface area contributed by atoms with Crippen LogP contribution in [0, 0.1) is 11.8 Å². The highest BCUT2D eigenvalue weighted by molar-refractivity contribution is 7.90. The molecule has 0 unspecified atom stereocenters. The van der Waals surface area contributed by atoms with E-state index in [2.05, 4.69) is 4.98 Å². The molecule has 0 spiro atoms. The van der Waals surface area contributed by atoms with Crippen LogP contribution >= 0.6 is 0 Å². The van der Waals surface area contributed by atoms with Crippen molar-refractivity contribution in [3.63, 3.8) is 0 Å². The first-order chi connectivity index (χ1) is 15.9. The summed E-state index contributed by atoms with van der Waals surface area (Å²) in [5.74, 6) is 3.72. The van der Waals surface area contributed by atoms with E-state index in [0.717, 1.165) is 54.0 Å². The maximum atomic E-state index is 11.3. The van der Waals surface area contributed by atoms with Crippen molar-refractivity contribution in [1.29, 1.82) is 0 Å². The highest BCUT2D eigenvalue weighted by Gasteiger charge is 2.20. The Morgan fingerprint density at radius 3 is 2.67 bits per heavy atom. The molecule has 0 aliphatic heterocycles. The van der Waals surface area contributed by atoms with Gasteiger partial charge < -0.3 is 14.4 Å². The Balaban J connectivity index is 1.42. The van der Waals surface area contributed by atoms with Crippen LogP contribution in [0.25, 0.3) is 16.7 Å². The number of benzene rings is 1. The summed E-state index contributed by atoms with van der Waals surface area (Å²) in [6.45, 7) is 0.672. The first-order valence-electron chi connectivity index (χ1n) is 11.8. The van der Waals surface area contributed by atoms with E-state index < -0.39 is 9.84 Å². The molecule has 1 N–H and O–H groups in total. The summed E-state index contributed by atoms with van der Waals surface area (Å²) in [6.07, 6.45) is 12.1. The Morgan fingerprint density at radius 1 is 1.12 bits per heavy atom. The number of hydrogen-bond donors (Lipinski definition) is 1. The van der Waals surface area contributed by atoms with Crippen LogP contribution in [0.2, 0.25) is 0 Å². The van der Waals surface area contributed by atoms with Crippen LogP contribution in [0.5, 0.6) is 5.75 Å². The van der Waals surface area contributed by atoms with Gasteiger partial charge in [0.25, 0.3) is 0 Å². The minimum Gasteiger partial charge on any atom is -0.493 e. The Labute approximate surface area is 195 Å². The van der Waals surface area contributed by atoms with Crippen molar-refractivity contribution in [1.82, 2.24) is 14.5 Å². The molecule has 1 aliphatic rings. The fourth-order valence-corrected chi connectivity index (χ4v) is 5.29. The fourth-order valence-electron chi connectivity index (χ4n) is 4.65. The van der Waals surface area contributed by atoms with Crippen LogP contribution in [0.15, 0.2) is 42.7 Å². The standard InChI is InChI=1S/C25H33N3O4S/c1-33(30,31)17-3-16-32-23-5-2-4-22-21(23)13-15-28(22)25-12-14-26-24(27-25)11-10-19-6-8-20(18-29)9-7-19/h2,4-5,12-15,19-20,29H,3,6-11,16-18H2,1H3. The zero-order valence-electron chi connectivity index (χ0n) is 19.2. The van der Waals surface area contributed by atoms with E-state index in [0.29, 0.717) is 31.5 Å². The summed E-state index contributed by atoms with van der Waals surface area (Å²) in [4.78, 5) is 9.31. The maximum absolute atomic E-state index is 11.3. The van der Waals surface area contributed by atoms with E-state index in [1.54, 1.807) is 0 Å². The van der Waals surface area contributed by atoms with E-state index >= 15 is 0 Å². The van der Waals surface area contributed by atoms with Crippen LogP contribution in [0.3, 0.4) is 0 Å². The smallest absolute Gasteiger partial charge is 0.147 e. The van der Waals surface area contributed by atoms with Crippen LogP contribution in [0.1, 0.15) is 44.3 Å². The Bertz CT molecular complexity index is 1170. The minimum atomic E-state index is -2.98. The number of rotatable bonds is 10. The summed E-state index contributed by atoms with van der Waals surface area (Å²) in [6, 6.07) is 9.79. The number of aromatic nitrogens is 3. The summed E-state index contributed by atoms with van der Waals surface area (Å²) in [5, 5.41) is 10.3. The molecule has 1 aliphatic carbocycles. The van der Waals surface area contributed by atoms with Gasteiger partial charge >= 0.3 is 0 Å². The molecule has 2 heterocycles. The molecule has 178 valence electrons. The third kappa shape index (κ3) is 6.32. The number of hydrogen-bond acceptors (Lipinski definition) is 6. The monoisotopic (exact) mass is 471 g/mol. The molecule has 0 atom stereocenters. The average Bonchev–Trinajstić information content (AvgIpc) is 3.25. The molecule has 0 saturated heterocycles. The van der Waals surface area contributed by atoms with Gasteiger partial charge in [-0.15, -0.1) is 0 Å². The molecule has 2 aromatic heterocycles. The normalized spacial score (nSPS) is 19.1. The number of aliphatic hydroxyl groups excluding tert-OH is 1. The van der Waals surface area contributed by atoms with Crippen LogP contribution in [0.4, 0.5) is 0 Å². The van der Waals surface area contributed by atoms with Crippen LogP contribution in [-0.4, -0.2) is 53.3 Å². The van der Waals surface area contributed by atoms with Crippen molar-refractivity contribution >= 4 is 20.7 Å². The zero-order chi connectivity index (χ0) is 23.3. The molecule has 0 amide bonds. The van der Waals surface area contributed by atoms with Crippen LogP contribution in [-0.2, 0) is 16.3 Å². The number of nitrogens with zero attached hydrogens (tertiary/aromatic N) is 3. The molecule has 0 bridgehead atoms. The molecule has 4 rings (SSSR count). The lowest BCUT2D eigenvalue weighted by molar-refractivity contribution is 0.164. The van der Waals surface area contributed by atoms with Crippen molar-refractivity contribution in [2.45, 2.75) is 44.9 Å². The van der Waals surface area contributed by atoms with Gasteiger partial charge in [-0.3, -0.25) is 0 Å². The van der Waals surface area contributed by atoms with Crippen LogP contribution < -0.4 is 4.74 Å². The molecular formula is C25H33N3O4S. The Kier molecular flexibility index (Phi) is 7.65. The van der Waals surface area contributed by atoms with Crippen molar-refractivity contribution in [3.05, 3.63) is 48.5 Å². The molecule has 0 radical (unpaired) electrons. The van der Waals surface area contributed by atoms with Gasteiger partial charge in [-0.1, -0.05) is 18.9 Å². The highest BCUT2D eigenvalue weighted by atomic mass is 32.2. The molecular weight excluding hydrogens is 438 g/mol. The largest absolute Gasteiger partial charge is 0.493 e. The molecule has 3 aromatic rings. The highest BCUT2D eigenvalue weighted by Crippen LogP contribution is 2.31. The topological polar surface area (TPSA) is 94.3 Å². The van der Waals surface area contributed by atoms with E-state index in [1.165, 1.54) is 19.1 Å². The first kappa shape index (κ1) is 23.7. The quantitative estimate of drug-likeness (QED) is 0.450. The number of fused-ring (bicyclic) bond motifs is 1. The average molecular weight is 472 g/mol. The number of sulfone groups is 1. The van der Waals surface area contributed by atoms with Gasteiger partial charge in [0.2, 0.25) is 0 Å². The van der Waals surface area contributed by atoms with Crippen molar-refractivity contribution in [2.24, 2.45) is 11.8 Å². The van der Waals surface area contributed by atoms with Gasteiger partial charge in [-0.25, -0.2) is 18.4 Å². The lowest BCUT2D eigenvalue weighted by Crippen LogP contribution is -2.18. The third-order valence-electron chi connectivity index (χ3n) is 6.55. The second kappa shape index (κ2) is 10.7. The summed E-state index contributed by atoms with van der Waals surface area (Å²) < 4.78 is 30.6. The Morgan fingerprint density at radius 2 is 1.91 bits per heavy atom. The number of aryl methyl sites for hydroxylation is 1. The number of aliphatic hydroxyl groups is 1. The van der Waals surface area contributed by atoms with Crippen molar-refractivity contribution < 1.29 is 18.3 Å². The SMILES string of the molecule is CS(=O)(=O)CCCOc1cccc2c1ccn2-c1ccnc(CCC2CCC(CO)CC2)n1. The molecule has 8 heteroatoms. The van der Waals surface area contributed by atoms with Gasteiger partial charge in [0.1, 0.15) is 27.2 Å². The van der Waals surface area contributed by atoms with Gasteiger partial charge in [-0.05, 0) is 61.8 Å². The second-order valence-corrected chi connectivity index (χ2v) is 11.4. The summed E-state index contributed by atoms with van der Waals surface area (Å²) >= 11 is 0. The lowest BCUT2D eigenvalue weighted by atomic mass is 9.80. The second-order valence-electron chi connectivity index (χ2n) is 9.15. The predicted molar refractivity (Wildman–Crippen MR) is 130 cm³/mol. The number of ether oxygens (including phenoxy) is 1. The molecule has 1 fully saturated rings.